The van der Waals surface area contributed by atoms with Gasteiger partial charge in [0.25, 0.3) is 11.6 Å². The molecule has 0 radical (unpaired) electrons. The number of nitrogens with one attached hydrogen (secondary N) is 1. The predicted octanol–water partition coefficient (Wildman–Crippen LogP) is 7.14. The SMILES string of the molecule is O=C(NCCCCC(I)=CC(F)(C(F)(F)F)C(F)(F)C(F)(F)F)c1ccc(Br)cc1. The maximum Gasteiger partial charge on any atom is 0.457 e. The maximum atomic E-state index is 14.0. The largest absolute Gasteiger partial charge is 0.457 e. The minimum atomic E-state index is -6.73. The van der Waals surface area contributed by atoms with E-state index < -0.39 is 39.5 Å². The molecule has 0 saturated heterocycles. The molecule has 0 aliphatic rings. The Morgan fingerprint density at radius 2 is 1.47 bits per heavy atom. The van der Waals surface area contributed by atoms with E-state index in [4.69, 9.17) is 0 Å². The first-order valence-electron chi connectivity index (χ1n) is 8.14. The van der Waals surface area contributed by atoms with Crippen LogP contribution in [0.25, 0.3) is 0 Å². The van der Waals surface area contributed by atoms with Crippen molar-refractivity contribution in [1.29, 1.82) is 0 Å². The summed E-state index contributed by atoms with van der Waals surface area (Å²) in [5.74, 6) is -7.09. The molecule has 0 fully saturated rings. The van der Waals surface area contributed by atoms with Crippen LogP contribution in [0.2, 0.25) is 0 Å². The molecule has 1 amide bonds. The van der Waals surface area contributed by atoms with Gasteiger partial charge in [-0.1, -0.05) is 15.9 Å². The Morgan fingerprint density at radius 1 is 0.933 bits per heavy atom. The number of unbranched alkanes of at least 4 members (excludes halogenated alkanes) is 1. The molecule has 0 aliphatic carbocycles. The van der Waals surface area contributed by atoms with Crippen LogP contribution in [0.3, 0.4) is 0 Å². The van der Waals surface area contributed by atoms with Gasteiger partial charge in [0, 0.05) is 16.6 Å². The van der Waals surface area contributed by atoms with Crippen LogP contribution in [0, 0.1) is 0 Å². The summed E-state index contributed by atoms with van der Waals surface area (Å²) in [5.41, 5.74) is -5.56. The van der Waals surface area contributed by atoms with E-state index in [-0.39, 0.29) is 25.8 Å². The molecule has 13 heteroatoms. The molecule has 0 spiro atoms. The zero-order valence-corrected chi connectivity index (χ0v) is 18.5. The van der Waals surface area contributed by atoms with Crippen LogP contribution in [0.5, 0.6) is 0 Å². The molecule has 0 aromatic heterocycles. The highest BCUT2D eigenvalue weighted by atomic mass is 127. The number of hydrogen-bond acceptors (Lipinski definition) is 1. The second kappa shape index (κ2) is 10.1. The van der Waals surface area contributed by atoms with Gasteiger partial charge in [-0.15, -0.1) is 0 Å². The first kappa shape index (κ1) is 27.0. The standard InChI is InChI=1S/C17H14BrF9INO/c18-11-6-4-10(5-7-11)13(30)29-8-2-1-3-12(28)9-14(19,16(22,23)24)15(20,21)17(25,26)27/h4-7,9H,1-3,8H2,(H,29,30). The smallest absolute Gasteiger partial charge is 0.352 e. The van der Waals surface area contributed by atoms with E-state index in [0.29, 0.717) is 5.56 Å². The Morgan fingerprint density at radius 3 is 1.93 bits per heavy atom. The first-order chi connectivity index (χ1) is 13.5. The molecular formula is C17H14BrF9INO. The van der Waals surface area contributed by atoms with E-state index in [1.165, 1.54) is 12.1 Å². The first-order valence-corrected chi connectivity index (χ1v) is 10.0. The van der Waals surface area contributed by atoms with Crippen LogP contribution < -0.4 is 5.32 Å². The normalized spacial score (nSPS) is 15.6. The fourth-order valence-electron chi connectivity index (χ4n) is 2.17. The van der Waals surface area contributed by atoms with E-state index in [1.807, 2.05) is 0 Å². The van der Waals surface area contributed by atoms with Gasteiger partial charge >= 0.3 is 18.3 Å². The Kier molecular flexibility index (Phi) is 9.09. The number of carbonyl (C=O) groups is 1. The van der Waals surface area contributed by atoms with Crippen molar-refractivity contribution >= 4 is 44.4 Å². The molecule has 30 heavy (non-hydrogen) atoms. The van der Waals surface area contributed by atoms with Crippen LogP contribution in [0.4, 0.5) is 39.5 Å². The summed E-state index contributed by atoms with van der Waals surface area (Å²) in [6, 6.07) is 6.32. The van der Waals surface area contributed by atoms with Gasteiger partial charge in [0.2, 0.25) is 0 Å². The molecule has 2 nitrogen and oxygen atoms in total. The third kappa shape index (κ3) is 6.50. The van der Waals surface area contributed by atoms with Crippen molar-refractivity contribution in [2.75, 3.05) is 6.54 Å². The highest BCUT2D eigenvalue weighted by Crippen LogP contribution is 2.54. The molecule has 1 aromatic carbocycles. The summed E-state index contributed by atoms with van der Waals surface area (Å²) in [6.07, 6.45) is -14.2. The van der Waals surface area contributed by atoms with Gasteiger partial charge in [-0.05, 0) is 75.8 Å². The van der Waals surface area contributed by atoms with Crippen molar-refractivity contribution in [3.63, 3.8) is 0 Å². The monoisotopic (exact) mass is 625 g/mol. The van der Waals surface area contributed by atoms with Crippen LogP contribution in [-0.4, -0.2) is 36.4 Å². The predicted molar refractivity (Wildman–Crippen MR) is 103 cm³/mol. The number of benzene rings is 1. The van der Waals surface area contributed by atoms with Gasteiger partial charge in [-0.25, -0.2) is 4.39 Å². The Bertz CT molecular complexity index is 762. The lowest BCUT2D eigenvalue weighted by atomic mass is 9.95. The number of rotatable bonds is 8. The molecule has 0 aliphatic heterocycles. The van der Waals surface area contributed by atoms with Crippen molar-refractivity contribution in [3.05, 3.63) is 44.0 Å². The summed E-state index contributed by atoms with van der Waals surface area (Å²) in [7, 11) is 0. The number of hydrogen-bond donors (Lipinski definition) is 1. The second-order valence-electron chi connectivity index (χ2n) is 6.09. The van der Waals surface area contributed by atoms with E-state index in [0.717, 1.165) is 27.1 Å². The number of amides is 1. The highest BCUT2D eigenvalue weighted by Gasteiger charge is 2.80. The number of allylic oxidation sites excluding steroid dienone is 2. The average molecular weight is 626 g/mol. The summed E-state index contributed by atoms with van der Waals surface area (Å²) < 4.78 is 116. The topological polar surface area (TPSA) is 29.1 Å². The highest BCUT2D eigenvalue weighted by molar-refractivity contribution is 14.1. The van der Waals surface area contributed by atoms with E-state index >= 15 is 0 Å². The van der Waals surface area contributed by atoms with Crippen LogP contribution >= 0.6 is 38.5 Å². The van der Waals surface area contributed by atoms with E-state index in [2.05, 4.69) is 21.2 Å². The molecule has 1 aromatic rings. The third-order valence-electron chi connectivity index (χ3n) is 3.82. The minimum absolute atomic E-state index is 0.0148. The van der Waals surface area contributed by atoms with Crippen LogP contribution in [0.1, 0.15) is 29.6 Å². The van der Waals surface area contributed by atoms with Gasteiger partial charge in [0.15, 0.2) is 0 Å². The molecule has 1 unspecified atom stereocenters. The van der Waals surface area contributed by atoms with Crippen molar-refractivity contribution in [2.24, 2.45) is 0 Å². The number of carbonyl (C=O) groups excluding carboxylic acids is 1. The molecule has 0 saturated carbocycles. The lowest BCUT2D eigenvalue weighted by Gasteiger charge is -2.34. The minimum Gasteiger partial charge on any atom is -0.352 e. The molecular weight excluding hydrogens is 612 g/mol. The quantitative estimate of drug-likeness (QED) is 0.186. The van der Waals surface area contributed by atoms with Gasteiger partial charge in [-0.2, -0.15) is 35.1 Å². The Hall–Kier alpha value is -0.990. The van der Waals surface area contributed by atoms with Gasteiger partial charge in [0.1, 0.15) is 0 Å². The Balaban J connectivity index is 2.70. The average Bonchev–Trinajstić information content (AvgIpc) is 2.59. The zero-order chi connectivity index (χ0) is 23.4. The van der Waals surface area contributed by atoms with Crippen molar-refractivity contribution in [1.82, 2.24) is 5.32 Å². The van der Waals surface area contributed by atoms with Crippen LogP contribution in [0.15, 0.2) is 38.4 Å². The molecule has 1 atom stereocenters. The lowest BCUT2D eigenvalue weighted by Crippen LogP contribution is -2.61. The summed E-state index contributed by atoms with van der Waals surface area (Å²) in [4.78, 5) is 11.9. The van der Waals surface area contributed by atoms with Crippen molar-refractivity contribution < 1.29 is 44.3 Å². The Labute approximate surface area is 187 Å². The zero-order valence-electron chi connectivity index (χ0n) is 14.8. The molecule has 1 rings (SSSR count). The third-order valence-corrected chi connectivity index (χ3v) is 5.19. The fourth-order valence-corrected chi connectivity index (χ4v) is 3.24. The van der Waals surface area contributed by atoms with Gasteiger partial charge < -0.3 is 5.32 Å². The van der Waals surface area contributed by atoms with Gasteiger partial charge in [-0.3, -0.25) is 4.79 Å². The summed E-state index contributed by atoms with van der Waals surface area (Å²) >= 11 is 4.27. The van der Waals surface area contributed by atoms with Gasteiger partial charge in [0.05, 0.1) is 0 Å². The molecule has 0 bridgehead atoms. The number of alkyl halides is 9. The number of halogens is 11. The van der Waals surface area contributed by atoms with Crippen molar-refractivity contribution in [3.8, 4) is 0 Å². The van der Waals surface area contributed by atoms with Crippen LogP contribution in [-0.2, 0) is 0 Å². The van der Waals surface area contributed by atoms with E-state index in [1.54, 1.807) is 12.1 Å². The summed E-state index contributed by atoms with van der Waals surface area (Å²) in [5, 5.41) is 2.51. The van der Waals surface area contributed by atoms with E-state index in [9.17, 15) is 44.3 Å². The maximum absolute atomic E-state index is 14.0. The lowest BCUT2D eigenvalue weighted by molar-refractivity contribution is -0.369. The second-order valence-corrected chi connectivity index (χ2v) is 8.39. The summed E-state index contributed by atoms with van der Waals surface area (Å²) in [6.45, 7) is 0.0670. The molecule has 0 heterocycles. The fraction of sp³-hybridized carbons (Fsp3) is 0.471. The molecule has 170 valence electrons. The molecule has 1 N–H and O–H groups in total. The van der Waals surface area contributed by atoms with Crippen molar-refractivity contribution in [2.45, 2.75) is 43.2 Å².